The quantitative estimate of drug-likeness (QED) is 0.304. The molecule has 8 nitrogen and oxygen atoms in total. The van der Waals surface area contributed by atoms with Gasteiger partial charge in [-0.3, -0.25) is 9.67 Å². The number of hydrogen-bond acceptors (Lipinski definition) is 6. The van der Waals surface area contributed by atoms with Crippen molar-refractivity contribution >= 4 is 16.6 Å². The number of nitrogens with zero attached hydrogens (tertiary/aromatic N) is 5. The maximum Gasteiger partial charge on any atom is 0.153 e. The van der Waals surface area contributed by atoms with E-state index in [0.717, 1.165) is 62.6 Å². The number of benzene rings is 1. The summed E-state index contributed by atoms with van der Waals surface area (Å²) in [5.41, 5.74) is 7.27. The van der Waals surface area contributed by atoms with Gasteiger partial charge >= 0.3 is 0 Å². The first-order chi connectivity index (χ1) is 18.2. The lowest BCUT2D eigenvalue weighted by Crippen LogP contribution is -2.20. The minimum atomic E-state index is -0.666. The minimum absolute atomic E-state index is 0.318. The zero-order valence-corrected chi connectivity index (χ0v) is 23.0. The van der Waals surface area contributed by atoms with Crippen LogP contribution in [0.15, 0.2) is 55.0 Å². The molecule has 1 aromatic carbocycles. The van der Waals surface area contributed by atoms with Crippen LogP contribution >= 0.6 is 0 Å². The van der Waals surface area contributed by atoms with Gasteiger partial charge in [-0.25, -0.2) is 4.98 Å². The maximum absolute atomic E-state index is 11.0. The Morgan fingerprint density at radius 3 is 2.68 bits per heavy atom. The first-order valence-corrected chi connectivity index (χ1v) is 13.0. The van der Waals surface area contributed by atoms with Crippen LogP contribution in [0.4, 0.5) is 0 Å². The Bertz CT molecular complexity index is 1590. The summed E-state index contributed by atoms with van der Waals surface area (Å²) >= 11 is 0. The summed E-state index contributed by atoms with van der Waals surface area (Å²) in [7, 11) is 3.85. The molecule has 2 N–H and O–H groups in total. The SMILES string of the molecule is CNCc1cnc2ccc(-c3ccc4cccnc4c3OCCc3c(C(O)C(C)(C)C)nn(C)c3C)cn12. The Hall–Kier alpha value is -3.75. The van der Waals surface area contributed by atoms with Crippen molar-refractivity contribution in [2.24, 2.45) is 12.5 Å². The summed E-state index contributed by atoms with van der Waals surface area (Å²) in [6.45, 7) is 9.26. The van der Waals surface area contributed by atoms with Gasteiger partial charge < -0.3 is 19.6 Å². The number of hydrogen-bond donors (Lipinski definition) is 2. The Kier molecular flexibility index (Phi) is 6.94. The van der Waals surface area contributed by atoms with E-state index >= 15 is 0 Å². The molecule has 4 heterocycles. The first kappa shape index (κ1) is 25.9. The molecule has 0 saturated carbocycles. The molecule has 0 spiro atoms. The number of rotatable bonds is 8. The summed E-state index contributed by atoms with van der Waals surface area (Å²) in [4.78, 5) is 9.21. The van der Waals surface area contributed by atoms with Crippen LogP contribution in [0.2, 0.25) is 0 Å². The first-order valence-electron chi connectivity index (χ1n) is 13.0. The van der Waals surface area contributed by atoms with Gasteiger partial charge in [0.05, 0.1) is 24.2 Å². The molecule has 0 amide bonds. The molecule has 0 aliphatic carbocycles. The van der Waals surface area contributed by atoms with Crippen LogP contribution in [0.5, 0.6) is 5.75 Å². The van der Waals surface area contributed by atoms with Gasteiger partial charge in [-0.1, -0.05) is 32.9 Å². The highest BCUT2D eigenvalue weighted by molar-refractivity contribution is 5.92. The van der Waals surface area contributed by atoms with E-state index in [1.165, 1.54) is 0 Å². The van der Waals surface area contributed by atoms with E-state index in [2.05, 4.69) is 49.2 Å². The van der Waals surface area contributed by atoms with Crippen LogP contribution in [0.1, 0.15) is 49.5 Å². The summed E-state index contributed by atoms with van der Waals surface area (Å²) in [6.07, 6.45) is 5.76. The number of aryl methyl sites for hydroxylation is 1. The van der Waals surface area contributed by atoms with E-state index in [1.54, 1.807) is 6.20 Å². The fourth-order valence-electron chi connectivity index (χ4n) is 4.87. The van der Waals surface area contributed by atoms with Crippen molar-refractivity contribution in [3.63, 3.8) is 0 Å². The lowest BCUT2D eigenvalue weighted by molar-refractivity contribution is 0.0575. The molecule has 5 rings (SSSR count). The highest BCUT2D eigenvalue weighted by Gasteiger charge is 2.30. The molecule has 8 heteroatoms. The summed E-state index contributed by atoms with van der Waals surface area (Å²) in [5, 5.41) is 19.9. The van der Waals surface area contributed by atoms with Crippen LogP contribution in [0.3, 0.4) is 0 Å². The number of aromatic nitrogens is 5. The molecule has 0 fully saturated rings. The monoisotopic (exact) mass is 512 g/mol. The highest BCUT2D eigenvalue weighted by Crippen LogP contribution is 2.37. The average Bonchev–Trinajstić information content (AvgIpc) is 3.43. The number of ether oxygens (including phenoxy) is 1. The number of aliphatic hydroxyl groups excluding tert-OH is 1. The largest absolute Gasteiger partial charge is 0.490 e. The average molecular weight is 513 g/mol. The van der Waals surface area contributed by atoms with E-state index in [0.29, 0.717) is 13.0 Å². The van der Waals surface area contributed by atoms with Crippen LogP contribution < -0.4 is 10.1 Å². The molecular weight excluding hydrogens is 476 g/mol. The molecular formula is C30H36N6O2. The molecule has 0 radical (unpaired) electrons. The van der Waals surface area contributed by atoms with Gasteiger partial charge in [0.25, 0.3) is 0 Å². The van der Waals surface area contributed by atoms with Gasteiger partial charge in [0, 0.05) is 60.2 Å². The lowest BCUT2D eigenvalue weighted by Gasteiger charge is -2.25. The normalized spacial score (nSPS) is 12.9. The van der Waals surface area contributed by atoms with E-state index in [1.807, 2.05) is 70.9 Å². The topological polar surface area (TPSA) is 89.5 Å². The van der Waals surface area contributed by atoms with Crippen molar-refractivity contribution in [2.75, 3.05) is 13.7 Å². The van der Waals surface area contributed by atoms with Crippen molar-refractivity contribution in [2.45, 2.75) is 46.8 Å². The van der Waals surface area contributed by atoms with Gasteiger partial charge in [0.1, 0.15) is 17.3 Å². The number of nitrogens with one attached hydrogen (secondary N) is 1. The third kappa shape index (κ3) is 4.77. The van der Waals surface area contributed by atoms with E-state index in [9.17, 15) is 5.11 Å². The molecule has 5 aromatic rings. The molecule has 4 aromatic heterocycles. The molecule has 1 atom stereocenters. The zero-order chi connectivity index (χ0) is 27.0. The van der Waals surface area contributed by atoms with Crippen LogP contribution in [0.25, 0.3) is 27.7 Å². The fraction of sp³-hybridized carbons (Fsp3) is 0.367. The number of aliphatic hydroxyl groups is 1. The molecule has 38 heavy (non-hydrogen) atoms. The van der Waals surface area contributed by atoms with Crippen molar-refractivity contribution in [3.8, 4) is 16.9 Å². The molecule has 0 bridgehead atoms. The number of fused-ring (bicyclic) bond motifs is 2. The van der Waals surface area contributed by atoms with Gasteiger partial charge in [-0.05, 0) is 43.7 Å². The van der Waals surface area contributed by atoms with Crippen molar-refractivity contribution in [3.05, 3.63) is 77.6 Å². The summed E-state index contributed by atoms with van der Waals surface area (Å²) in [5.74, 6) is 0.747. The second-order valence-electron chi connectivity index (χ2n) is 10.9. The van der Waals surface area contributed by atoms with Crippen LogP contribution in [-0.4, -0.2) is 42.9 Å². The predicted octanol–water partition coefficient (Wildman–Crippen LogP) is 5.01. The second-order valence-corrected chi connectivity index (χ2v) is 10.9. The minimum Gasteiger partial charge on any atom is -0.490 e. The standard InChI is InChI=1S/C30H36N6O2/c1-19-23(27(34-35(19)6)29(37)30(2,3)4)13-15-38-28-24(11-9-20-8-7-14-32-26(20)28)21-10-12-25-33-17-22(16-31-5)36(25)18-21/h7-12,14,17-18,29,31,37H,13,15-16H2,1-6H3. The van der Waals surface area contributed by atoms with Crippen LogP contribution in [0, 0.1) is 12.3 Å². The fourth-order valence-corrected chi connectivity index (χ4v) is 4.87. The van der Waals surface area contributed by atoms with Gasteiger partial charge in [-0.2, -0.15) is 5.10 Å². The van der Waals surface area contributed by atoms with E-state index < -0.39 is 6.10 Å². The molecule has 198 valence electrons. The number of imidazole rings is 1. The van der Waals surface area contributed by atoms with Crippen molar-refractivity contribution in [1.82, 2.24) is 29.5 Å². The Morgan fingerprint density at radius 1 is 1.11 bits per heavy atom. The third-order valence-electron chi connectivity index (χ3n) is 7.15. The third-order valence-corrected chi connectivity index (χ3v) is 7.15. The van der Waals surface area contributed by atoms with Gasteiger partial charge in [0.2, 0.25) is 0 Å². The molecule has 0 aliphatic rings. The lowest BCUT2D eigenvalue weighted by atomic mass is 9.85. The summed E-state index contributed by atoms with van der Waals surface area (Å²) < 4.78 is 10.5. The van der Waals surface area contributed by atoms with Crippen molar-refractivity contribution in [1.29, 1.82) is 0 Å². The van der Waals surface area contributed by atoms with Crippen LogP contribution in [-0.2, 0) is 20.0 Å². The smallest absolute Gasteiger partial charge is 0.153 e. The number of pyridine rings is 2. The van der Waals surface area contributed by atoms with Gasteiger partial charge in [0.15, 0.2) is 5.75 Å². The van der Waals surface area contributed by atoms with E-state index in [-0.39, 0.29) is 5.41 Å². The maximum atomic E-state index is 11.0. The summed E-state index contributed by atoms with van der Waals surface area (Å²) in [6, 6.07) is 12.3. The molecule has 0 saturated heterocycles. The Labute approximate surface area is 223 Å². The second kappa shape index (κ2) is 10.2. The molecule has 0 aliphatic heterocycles. The zero-order valence-electron chi connectivity index (χ0n) is 23.0. The highest BCUT2D eigenvalue weighted by atomic mass is 16.5. The van der Waals surface area contributed by atoms with Gasteiger partial charge in [-0.15, -0.1) is 0 Å². The Morgan fingerprint density at radius 2 is 1.92 bits per heavy atom. The van der Waals surface area contributed by atoms with E-state index in [4.69, 9.17) is 4.74 Å². The predicted molar refractivity (Wildman–Crippen MR) is 150 cm³/mol. The molecule has 1 unspecified atom stereocenters. The Balaban J connectivity index is 1.51. The van der Waals surface area contributed by atoms with Crippen molar-refractivity contribution < 1.29 is 9.84 Å².